The van der Waals surface area contributed by atoms with Gasteiger partial charge in [-0.3, -0.25) is 4.79 Å². The van der Waals surface area contributed by atoms with Crippen LogP contribution in [0.25, 0.3) is 0 Å². The molecule has 0 N–H and O–H groups in total. The highest BCUT2D eigenvalue weighted by Gasteiger charge is 2.35. The number of rotatable bonds is 4. The maximum Gasteiger partial charge on any atom is 0.309 e. The zero-order valence-electron chi connectivity index (χ0n) is 14.2. The summed E-state index contributed by atoms with van der Waals surface area (Å²) in [5.74, 6) is -0.551. The van der Waals surface area contributed by atoms with Crippen LogP contribution in [0.4, 0.5) is 0 Å². The SMILES string of the molecule is CCN1CCN(S(=O)(=O)c2cccc3c2CC(C(=O)OC)C3)CC1. The van der Waals surface area contributed by atoms with Gasteiger partial charge in [-0.1, -0.05) is 19.1 Å². The minimum Gasteiger partial charge on any atom is -0.469 e. The molecule has 3 rings (SSSR count). The van der Waals surface area contributed by atoms with Gasteiger partial charge in [0.1, 0.15) is 0 Å². The first kappa shape index (κ1) is 17.4. The zero-order valence-corrected chi connectivity index (χ0v) is 15.0. The van der Waals surface area contributed by atoms with E-state index in [9.17, 15) is 13.2 Å². The molecule has 7 heteroatoms. The Hall–Kier alpha value is -1.44. The summed E-state index contributed by atoms with van der Waals surface area (Å²) in [7, 11) is -2.15. The quantitative estimate of drug-likeness (QED) is 0.753. The van der Waals surface area contributed by atoms with Gasteiger partial charge in [0.05, 0.1) is 17.9 Å². The number of likely N-dealkylation sites (N-methyl/N-ethyl adjacent to an activating group) is 1. The lowest BCUT2D eigenvalue weighted by atomic mass is 10.1. The lowest BCUT2D eigenvalue weighted by Gasteiger charge is -2.33. The lowest BCUT2D eigenvalue weighted by molar-refractivity contribution is -0.145. The second-order valence-corrected chi connectivity index (χ2v) is 8.27. The van der Waals surface area contributed by atoms with Gasteiger partial charge in [-0.15, -0.1) is 0 Å². The fourth-order valence-electron chi connectivity index (χ4n) is 3.62. The highest BCUT2D eigenvalue weighted by atomic mass is 32.2. The van der Waals surface area contributed by atoms with Crippen molar-refractivity contribution in [2.45, 2.75) is 24.7 Å². The number of hydrogen-bond donors (Lipinski definition) is 0. The van der Waals surface area contributed by atoms with Gasteiger partial charge in [-0.25, -0.2) is 8.42 Å². The van der Waals surface area contributed by atoms with Crippen molar-refractivity contribution in [3.8, 4) is 0 Å². The third-order valence-electron chi connectivity index (χ3n) is 5.08. The summed E-state index contributed by atoms with van der Waals surface area (Å²) in [5.41, 5.74) is 1.73. The fourth-order valence-corrected chi connectivity index (χ4v) is 5.32. The summed E-state index contributed by atoms with van der Waals surface area (Å²) in [6, 6.07) is 5.35. The van der Waals surface area contributed by atoms with Crippen LogP contribution in [-0.2, 0) is 32.4 Å². The molecule has 1 atom stereocenters. The van der Waals surface area contributed by atoms with Crippen molar-refractivity contribution in [2.24, 2.45) is 5.92 Å². The molecule has 6 nitrogen and oxygen atoms in total. The van der Waals surface area contributed by atoms with E-state index in [1.165, 1.54) is 7.11 Å². The van der Waals surface area contributed by atoms with Crippen LogP contribution in [0.2, 0.25) is 0 Å². The zero-order chi connectivity index (χ0) is 17.3. The van der Waals surface area contributed by atoms with E-state index in [2.05, 4.69) is 11.8 Å². The maximum atomic E-state index is 13.1. The van der Waals surface area contributed by atoms with Crippen molar-refractivity contribution < 1.29 is 17.9 Å². The van der Waals surface area contributed by atoms with Gasteiger partial charge in [-0.05, 0) is 36.6 Å². The predicted octanol–water partition coefficient (Wildman–Crippen LogP) is 0.901. The van der Waals surface area contributed by atoms with Gasteiger partial charge < -0.3 is 9.64 Å². The molecular formula is C17H24N2O4S. The third-order valence-corrected chi connectivity index (χ3v) is 7.06. The van der Waals surface area contributed by atoms with E-state index in [1.54, 1.807) is 16.4 Å². The largest absolute Gasteiger partial charge is 0.469 e. The number of hydrogen-bond acceptors (Lipinski definition) is 5. The molecule has 1 aromatic carbocycles. The normalized spacial score (nSPS) is 22.3. The van der Waals surface area contributed by atoms with E-state index >= 15 is 0 Å². The number of sulfonamides is 1. The van der Waals surface area contributed by atoms with Gasteiger partial charge in [-0.2, -0.15) is 4.31 Å². The molecule has 1 saturated heterocycles. The Bertz CT molecular complexity index is 724. The van der Waals surface area contributed by atoms with Gasteiger partial charge in [0, 0.05) is 26.2 Å². The number of carbonyl (C=O) groups excluding carboxylic acids is 1. The molecule has 1 heterocycles. The number of benzene rings is 1. The van der Waals surface area contributed by atoms with Crippen molar-refractivity contribution in [3.63, 3.8) is 0 Å². The number of fused-ring (bicyclic) bond motifs is 1. The van der Waals surface area contributed by atoms with Crippen LogP contribution < -0.4 is 0 Å². The van der Waals surface area contributed by atoms with Crippen molar-refractivity contribution >= 4 is 16.0 Å². The summed E-state index contributed by atoms with van der Waals surface area (Å²) in [6.45, 7) is 5.57. The van der Waals surface area contributed by atoms with E-state index in [0.29, 0.717) is 30.8 Å². The maximum absolute atomic E-state index is 13.1. The second kappa shape index (κ2) is 6.82. The average Bonchev–Trinajstić information content (AvgIpc) is 3.05. The van der Waals surface area contributed by atoms with Gasteiger partial charge in [0.15, 0.2) is 0 Å². The van der Waals surface area contributed by atoms with E-state index in [1.807, 2.05) is 6.07 Å². The molecule has 1 aromatic rings. The van der Waals surface area contributed by atoms with Crippen LogP contribution in [0.15, 0.2) is 23.1 Å². The first-order valence-corrected chi connectivity index (χ1v) is 9.82. The molecule has 0 saturated carbocycles. The van der Waals surface area contributed by atoms with Crippen LogP contribution in [-0.4, -0.2) is 63.4 Å². The van der Waals surface area contributed by atoms with Crippen LogP contribution in [0.3, 0.4) is 0 Å². The molecule has 1 fully saturated rings. The fraction of sp³-hybridized carbons (Fsp3) is 0.588. The second-order valence-electron chi connectivity index (χ2n) is 6.36. The number of ether oxygens (including phenoxy) is 1. The number of esters is 1. The number of carbonyl (C=O) groups is 1. The van der Waals surface area contributed by atoms with Crippen LogP contribution in [0.1, 0.15) is 18.1 Å². The Morgan fingerprint density at radius 3 is 2.54 bits per heavy atom. The number of piperazine rings is 1. The molecule has 0 amide bonds. The van der Waals surface area contributed by atoms with Crippen molar-refractivity contribution in [3.05, 3.63) is 29.3 Å². The van der Waals surface area contributed by atoms with Gasteiger partial charge in [0.2, 0.25) is 10.0 Å². The lowest BCUT2D eigenvalue weighted by Crippen LogP contribution is -2.48. The van der Waals surface area contributed by atoms with E-state index in [-0.39, 0.29) is 11.9 Å². The molecule has 0 aromatic heterocycles. The van der Waals surface area contributed by atoms with Crippen LogP contribution >= 0.6 is 0 Å². The Labute approximate surface area is 143 Å². The molecule has 24 heavy (non-hydrogen) atoms. The monoisotopic (exact) mass is 352 g/mol. The van der Waals surface area contributed by atoms with Crippen LogP contribution in [0.5, 0.6) is 0 Å². The average molecular weight is 352 g/mol. The summed E-state index contributed by atoms with van der Waals surface area (Å²) < 4.78 is 32.6. The Morgan fingerprint density at radius 1 is 1.21 bits per heavy atom. The Balaban J connectivity index is 1.86. The first-order valence-electron chi connectivity index (χ1n) is 8.38. The van der Waals surface area contributed by atoms with Gasteiger partial charge >= 0.3 is 5.97 Å². The number of methoxy groups -OCH3 is 1. The molecule has 1 aliphatic heterocycles. The third kappa shape index (κ3) is 3.08. The molecule has 132 valence electrons. The smallest absolute Gasteiger partial charge is 0.309 e. The highest BCUT2D eigenvalue weighted by molar-refractivity contribution is 7.89. The van der Waals surface area contributed by atoms with E-state index in [0.717, 1.165) is 30.8 Å². The van der Waals surface area contributed by atoms with Crippen LogP contribution in [0, 0.1) is 5.92 Å². The molecule has 2 aliphatic rings. The summed E-state index contributed by atoms with van der Waals surface area (Å²) >= 11 is 0. The molecule has 0 radical (unpaired) electrons. The summed E-state index contributed by atoms with van der Waals surface area (Å²) in [5, 5.41) is 0. The molecule has 0 bridgehead atoms. The topological polar surface area (TPSA) is 66.9 Å². The summed E-state index contributed by atoms with van der Waals surface area (Å²) in [4.78, 5) is 14.4. The molecule has 1 unspecified atom stereocenters. The minimum absolute atomic E-state index is 0.272. The van der Waals surface area contributed by atoms with E-state index in [4.69, 9.17) is 4.74 Å². The van der Waals surface area contributed by atoms with Crippen molar-refractivity contribution in [2.75, 3.05) is 39.8 Å². The summed E-state index contributed by atoms with van der Waals surface area (Å²) in [6.07, 6.45) is 0.987. The first-order chi connectivity index (χ1) is 11.5. The minimum atomic E-state index is -3.52. The number of nitrogens with zero attached hydrogens (tertiary/aromatic N) is 2. The van der Waals surface area contributed by atoms with Gasteiger partial charge in [0.25, 0.3) is 0 Å². The predicted molar refractivity (Wildman–Crippen MR) is 90.2 cm³/mol. The molecule has 0 spiro atoms. The molecule has 1 aliphatic carbocycles. The van der Waals surface area contributed by atoms with Crippen molar-refractivity contribution in [1.29, 1.82) is 0 Å². The standard InChI is InChI=1S/C17H24N2O4S/c1-3-18-7-9-19(10-8-18)24(21,22)16-6-4-5-13-11-14(12-15(13)16)17(20)23-2/h4-6,14H,3,7-12H2,1-2H3. The highest BCUT2D eigenvalue weighted by Crippen LogP contribution is 2.33. The Kier molecular flexibility index (Phi) is 4.94. The Morgan fingerprint density at radius 2 is 1.92 bits per heavy atom. The van der Waals surface area contributed by atoms with E-state index < -0.39 is 10.0 Å². The van der Waals surface area contributed by atoms with Crippen molar-refractivity contribution in [1.82, 2.24) is 9.21 Å². The molecular weight excluding hydrogens is 328 g/mol.